The average molecular weight is 355 g/mol. The first-order valence-electron chi connectivity index (χ1n) is 7.19. The summed E-state index contributed by atoms with van der Waals surface area (Å²) in [5.74, 6) is 0.889. The molecule has 0 bridgehead atoms. The first-order chi connectivity index (χ1) is 11.6. The lowest BCUT2D eigenvalue weighted by molar-refractivity contribution is -0.0512. The topological polar surface area (TPSA) is 54.9 Å². The van der Waals surface area contributed by atoms with Crippen LogP contribution in [-0.4, -0.2) is 26.7 Å². The number of rotatable bonds is 7. The molecule has 130 valence electrons. The lowest BCUT2D eigenvalue weighted by atomic mass is 10.2. The van der Waals surface area contributed by atoms with Crippen LogP contribution in [-0.2, 0) is 13.1 Å². The lowest BCUT2D eigenvalue weighted by Crippen LogP contribution is -2.36. The Morgan fingerprint density at radius 3 is 2.50 bits per heavy atom. The molecule has 0 saturated heterocycles. The fourth-order valence-electron chi connectivity index (χ4n) is 2.00. The van der Waals surface area contributed by atoms with Crippen molar-refractivity contribution in [2.75, 3.05) is 14.2 Å². The Hall–Kier alpha value is -2.35. The molecule has 2 N–H and O–H groups in total. The van der Waals surface area contributed by atoms with E-state index >= 15 is 0 Å². The van der Waals surface area contributed by atoms with Gasteiger partial charge in [0.25, 0.3) is 0 Å². The highest BCUT2D eigenvalue weighted by atomic mass is 32.1. The minimum Gasteiger partial charge on any atom is -0.493 e. The highest BCUT2D eigenvalue weighted by Crippen LogP contribution is 2.29. The Bertz CT molecular complexity index is 663. The smallest absolute Gasteiger partial charge is 0.387 e. The van der Waals surface area contributed by atoms with Gasteiger partial charge in [-0.25, -0.2) is 0 Å². The summed E-state index contributed by atoms with van der Waals surface area (Å²) in [5.41, 5.74) is 1.94. The monoisotopic (exact) mass is 355 g/mol. The van der Waals surface area contributed by atoms with Crippen molar-refractivity contribution in [1.82, 2.24) is 10.6 Å². The molecule has 1 aromatic carbocycles. The molecule has 2 aromatic rings. The van der Waals surface area contributed by atoms with Gasteiger partial charge in [0.15, 0.2) is 17.5 Å². The van der Waals surface area contributed by atoms with Crippen molar-refractivity contribution in [2.45, 2.75) is 19.7 Å². The Kier molecular flexibility index (Phi) is 6.80. The van der Waals surface area contributed by atoms with E-state index in [1.165, 1.54) is 18.7 Å². The molecule has 2 rings (SSSR count). The Labute approximate surface area is 143 Å². The predicted octanol–water partition coefficient (Wildman–Crippen LogP) is 3.22. The third kappa shape index (κ3) is 5.38. The van der Waals surface area contributed by atoms with Gasteiger partial charge in [0.05, 0.1) is 7.11 Å². The summed E-state index contributed by atoms with van der Waals surface area (Å²) in [7, 11) is 3.07. The average Bonchev–Trinajstić information content (AvgIpc) is 3.08. The highest BCUT2D eigenvalue weighted by Gasteiger charge is 2.11. The van der Waals surface area contributed by atoms with E-state index in [0.717, 1.165) is 5.56 Å². The summed E-state index contributed by atoms with van der Waals surface area (Å²) in [5, 5.41) is 10.4. The molecule has 0 saturated carbocycles. The number of halogens is 2. The van der Waals surface area contributed by atoms with Crippen molar-refractivity contribution in [2.24, 2.45) is 4.99 Å². The van der Waals surface area contributed by atoms with Gasteiger partial charge in [0.2, 0.25) is 0 Å². The summed E-state index contributed by atoms with van der Waals surface area (Å²) in [6.07, 6.45) is 0. The first kappa shape index (κ1) is 18.0. The second-order valence-corrected chi connectivity index (χ2v) is 5.55. The van der Waals surface area contributed by atoms with Gasteiger partial charge in [-0.1, -0.05) is 6.07 Å². The third-order valence-electron chi connectivity index (χ3n) is 3.17. The molecule has 1 heterocycles. The maximum atomic E-state index is 12.5. The summed E-state index contributed by atoms with van der Waals surface area (Å²) >= 11 is 1.63. The van der Waals surface area contributed by atoms with Gasteiger partial charge in [-0.15, -0.1) is 0 Å². The van der Waals surface area contributed by atoms with E-state index < -0.39 is 6.61 Å². The normalized spacial score (nSPS) is 11.5. The van der Waals surface area contributed by atoms with Gasteiger partial charge in [0.1, 0.15) is 0 Å². The lowest BCUT2D eigenvalue weighted by Gasteiger charge is -2.14. The SMILES string of the molecule is CN=C(NCc1ccsc1)NCc1ccc(OC)c(OC(F)F)c1. The van der Waals surface area contributed by atoms with Crippen LogP contribution in [0.3, 0.4) is 0 Å². The number of hydrogen-bond donors (Lipinski definition) is 2. The van der Waals surface area contributed by atoms with Crippen molar-refractivity contribution in [3.05, 3.63) is 46.2 Å². The summed E-state index contributed by atoms with van der Waals surface area (Å²) < 4.78 is 34.4. The number of nitrogens with zero attached hydrogens (tertiary/aromatic N) is 1. The minimum absolute atomic E-state index is 0.00743. The molecule has 0 radical (unpaired) electrons. The highest BCUT2D eigenvalue weighted by molar-refractivity contribution is 7.07. The van der Waals surface area contributed by atoms with Gasteiger partial charge in [-0.2, -0.15) is 20.1 Å². The van der Waals surface area contributed by atoms with Crippen LogP contribution in [0.15, 0.2) is 40.0 Å². The molecule has 0 aliphatic carbocycles. The van der Waals surface area contributed by atoms with Crippen LogP contribution in [0.4, 0.5) is 8.78 Å². The number of ether oxygens (including phenoxy) is 2. The van der Waals surface area contributed by atoms with E-state index in [1.54, 1.807) is 30.5 Å². The summed E-state index contributed by atoms with van der Waals surface area (Å²) in [6.45, 7) is -1.83. The van der Waals surface area contributed by atoms with Crippen LogP contribution >= 0.6 is 11.3 Å². The molecule has 24 heavy (non-hydrogen) atoms. The van der Waals surface area contributed by atoms with Crippen molar-refractivity contribution >= 4 is 17.3 Å². The molecule has 0 aliphatic heterocycles. The fourth-order valence-corrected chi connectivity index (χ4v) is 2.67. The maximum absolute atomic E-state index is 12.5. The molecule has 8 heteroatoms. The van der Waals surface area contributed by atoms with E-state index in [1.807, 2.05) is 11.4 Å². The Morgan fingerprint density at radius 2 is 1.92 bits per heavy atom. The Balaban J connectivity index is 1.94. The number of hydrogen-bond acceptors (Lipinski definition) is 4. The van der Waals surface area contributed by atoms with Crippen molar-refractivity contribution in [3.8, 4) is 11.5 Å². The van der Waals surface area contributed by atoms with Gasteiger partial charge in [-0.05, 0) is 40.1 Å². The molecule has 0 aliphatic rings. The summed E-state index contributed by atoms with van der Waals surface area (Å²) in [4.78, 5) is 4.13. The second-order valence-electron chi connectivity index (χ2n) is 4.77. The molecule has 5 nitrogen and oxygen atoms in total. The number of guanidine groups is 1. The molecule has 0 unspecified atom stereocenters. The van der Waals surface area contributed by atoms with Gasteiger partial charge in [0, 0.05) is 20.1 Å². The second kappa shape index (κ2) is 9.07. The van der Waals surface area contributed by atoms with E-state index in [-0.39, 0.29) is 11.5 Å². The zero-order valence-electron chi connectivity index (χ0n) is 13.4. The van der Waals surface area contributed by atoms with Gasteiger partial charge in [-0.3, -0.25) is 4.99 Å². The van der Waals surface area contributed by atoms with Crippen LogP contribution in [0.25, 0.3) is 0 Å². The van der Waals surface area contributed by atoms with Crippen molar-refractivity contribution in [1.29, 1.82) is 0 Å². The number of alkyl halides is 2. The van der Waals surface area contributed by atoms with Crippen molar-refractivity contribution in [3.63, 3.8) is 0 Å². The van der Waals surface area contributed by atoms with Crippen LogP contribution in [0.1, 0.15) is 11.1 Å². The van der Waals surface area contributed by atoms with E-state index in [4.69, 9.17) is 4.74 Å². The maximum Gasteiger partial charge on any atom is 0.387 e. The van der Waals surface area contributed by atoms with E-state index in [2.05, 4.69) is 25.7 Å². The molecule has 0 spiro atoms. The molecule has 0 fully saturated rings. The molecule has 0 amide bonds. The molecule has 1 aromatic heterocycles. The van der Waals surface area contributed by atoms with Crippen LogP contribution < -0.4 is 20.1 Å². The van der Waals surface area contributed by atoms with E-state index in [9.17, 15) is 8.78 Å². The first-order valence-corrected chi connectivity index (χ1v) is 8.14. The fraction of sp³-hybridized carbons (Fsp3) is 0.312. The number of thiophene rings is 1. The standard InChI is InChI=1S/C16H19F2N3O2S/c1-19-16(21-9-12-5-6-24-10-12)20-8-11-3-4-13(22-2)14(7-11)23-15(17)18/h3-7,10,15H,8-9H2,1-2H3,(H2,19,20,21). The largest absolute Gasteiger partial charge is 0.493 e. The minimum atomic E-state index is -2.90. The van der Waals surface area contributed by atoms with Crippen LogP contribution in [0.5, 0.6) is 11.5 Å². The zero-order valence-corrected chi connectivity index (χ0v) is 14.2. The molecular formula is C16H19F2N3O2S. The zero-order chi connectivity index (χ0) is 17.4. The number of methoxy groups -OCH3 is 1. The van der Waals surface area contributed by atoms with Gasteiger partial charge < -0.3 is 20.1 Å². The Morgan fingerprint density at radius 1 is 1.17 bits per heavy atom. The quantitative estimate of drug-likeness (QED) is 0.591. The molecule has 0 atom stereocenters. The predicted molar refractivity (Wildman–Crippen MR) is 91.0 cm³/mol. The number of nitrogens with one attached hydrogen (secondary N) is 2. The van der Waals surface area contributed by atoms with Crippen LogP contribution in [0.2, 0.25) is 0 Å². The van der Waals surface area contributed by atoms with Crippen molar-refractivity contribution < 1.29 is 18.3 Å². The third-order valence-corrected chi connectivity index (χ3v) is 3.90. The van der Waals surface area contributed by atoms with E-state index in [0.29, 0.717) is 19.0 Å². The number of benzene rings is 1. The van der Waals surface area contributed by atoms with Gasteiger partial charge >= 0.3 is 6.61 Å². The number of aliphatic imine (C=N–C) groups is 1. The molecular weight excluding hydrogens is 336 g/mol. The summed E-state index contributed by atoms with van der Waals surface area (Å²) in [6, 6.07) is 6.92. The van der Waals surface area contributed by atoms with Crippen LogP contribution in [0, 0.1) is 0 Å².